The van der Waals surface area contributed by atoms with E-state index in [1.807, 2.05) is 18.3 Å². The van der Waals surface area contributed by atoms with Crippen molar-refractivity contribution in [3.63, 3.8) is 0 Å². The van der Waals surface area contributed by atoms with E-state index >= 15 is 0 Å². The molecule has 0 aliphatic heterocycles. The molecule has 2 N–H and O–H groups in total. The number of hydrogen-bond donors (Lipinski definition) is 1. The van der Waals surface area contributed by atoms with E-state index in [0.717, 1.165) is 34.2 Å². The van der Waals surface area contributed by atoms with Crippen molar-refractivity contribution in [1.29, 1.82) is 0 Å². The molecule has 0 amide bonds. The van der Waals surface area contributed by atoms with Gasteiger partial charge >= 0.3 is 0 Å². The molecular formula is C20H18N2OS. The van der Waals surface area contributed by atoms with Gasteiger partial charge in [-0.3, -0.25) is 4.98 Å². The van der Waals surface area contributed by atoms with Crippen LogP contribution in [-0.2, 0) is 6.42 Å². The molecular weight excluding hydrogens is 316 g/mol. The number of rotatable bonds is 4. The van der Waals surface area contributed by atoms with E-state index in [-0.39, 0.29) is 0 Å². The molecule has 24 heavy (non-hydrogen) atoms. The monoisotopic (exact) mass is 334 g/mol. The lowest BCUT2D eigenvalue weighted by Gasteiger charge is -2.13. The van der Waals surface area contributed by atoms with Crippen molar-refractivity contribution in [2.24, 2.45) is 5.73 Å². The maximum atomic E-state index is 5.67. The number of hydrogen-bond acceptors (Lipinski definition) is 4. The zero-order valence-electron chi connectivity index (χ0n) is 13.5. The van der Waals surface area contributed by atoms with Gasteiger partial charge in [0.05, 0.1) is 17.3 Å². The van der Waals surface area contributed by atoms with Crippen LogP contribution in [0.5, 0.6) is 5.75 Å². The summed E-state index contributed by atoms with van der Waals surface area (Å²) in [5, 5.41) is 4.49. The summed E-state index contributed by atoms with van der Waals surface area (Å²) in [5.41, 5.74) is 10.1. The van der Waals surface area contributed by atoms with E-state index in [4.69, 9.17) is 10.5 Å². The van der Waals surface area contributed by atoms with Gasteiger partial charge in [0.15, 0.2) is 0 Å². The largest absolute Gasteiger partial charge is 0.496 e. The zero-order chi connectivity index (χ0) is 16.5. The van der Waals surface area contributed by atoms with Crippen LogP contribution in [-0.4, -0.2) is 18.6 Å². The zero-order valence-corrected chi connectivity index (χ0v) is 14.3. The van der Waals surface area contributed by atoms with E-state index in [9.17, 15) is 0 Å². The summed E-state index contributed by atoms with van der Waals surface area (Å²) in [6, 6.07) is 14.8. The number of nitrogens with two attached hydrogens (primary N) is 1. The van der Waals surface area contributed by atoms with Gasteiger partial charge in [0.2, 0.25) is 0 Å². The normalized spacial score (nSPS) is 11.2. The van der Waals surface area contributed by atoms with Crippen LogP contribution in [0.25, 0.3) is 32.1 Å². The van der Waals surface area contributed by atoms with E-state index < -0.39 is 0 Å². The van der Waals surface area contributed by atoms with Crippen molar-refractivity contribution in [1.82, 2.24) is 4.98 Å². The molecule has 0 aliphatic carbocycles. The van der Waals surface area contributed by atoms with Crippen molar-refractivity contribution in [2.45, 2.75) is 6.42 Å². The fourth-order valence-electron chi connectivity index (χ4n) is 3.17. The summed E-state index contributed by atoms with van der Waals surface area (Å²) in [7, 11) is 1.72. The Morgan fingerprint density at radius 3 is 2.67 bits per heavy atom. The Labute approximate surface area is 144 Å². The molecule has 0 radical (unpaired) electrons. The Morgan fingerprint density at radius 1 is 1.08 bits per heavy atom. The molecule has 0 bridgehead atoms. The minimum Gasteiger partial charge on any atom is -0.496 e. The predicted molar refractivity (Wildman–Crippen MR) is 102 cm³/mol. The molecule has 0 saturated heterocycles. The number of benzene rings is 2. The van der Waals surface area contributed by atoms with Crippen molar-refractivity contribution in [2.75, 3.05) is 13.7 Å². The standard InChI is InChI=1S/C20H18N2OS/c1-23-17-7-6-16-20(15-9-11-24-18(15)12-22-16)19(17)14-4-2-13(3-5-14)8-10-21/h2-7,9,11-12H,8,10,21H2,1H3. The first-order valence-electron chi connectivity index (χ1n) is 7.94. The van der Waals surface area contributed by atoms with Gasteiger partial charge in [-0.1, -0.05) is 24.3 Å². The smallest absolute Gasteiger partial charge is 0.127 e. The number of thiophene rings is 1. The Morgan fingerprint density at radius 2 is 1.92 bits per heavy atom. The Hall–Kier alpha value is -2.43. The van der Waals surface area contributed by atoms with Gasteiger partial charge in [-0.25, -0.2) is 0 Å². The number of pyridine rings is 1. The van der Waals surface area contributed by atoms with Gasteiger partial charge in [-0.2, -0.15) is 0 Å². The van der Waals surface area contributed by atoms with Crippen LogP contribution >= 0.6 is 11.3 Å². The molecule has 2 aromatic heterocycles. The van der Waals surface area contributed by atoms with E-state index in [1.165, 1.54) is 15.6 Å². The first-order valence-corrected chi connectivity index (χ1v) is 8.82. The summed E-state index contributed by atoms with van der Waals surface area (Å²) in [4.78, 5) is 4.63. The number of fused-ring (bicyclic) bond motifs is 3. The average Bonchev–Trinajstić information content (AvgIpc) is 3.10. The SMILES string of the molecule is COc1ccc2ncc3sccc3c2c1-c1ccc(CCN)cc1. The van der Waals surface area contributed by atoms with E-state index in [2.05, 4.69) is 40.7 Å². The van der Waals surface area contributed by atoms with Crippen molar-refractivity contribution < 1.29 is 4.74 Å². The summed E-state index contributed by atoms with van der Waals surface area (Å²) < 4.78 is 6.86. The van der Waals surface area contributed by atoms with Gasteiger partial charge in [-0.05, 0) is 47.7 Å². The molecule has 0 saturated carbocycles. The summed E-state index contributed by atoms with van der Waals surface area (Å²) >= 11 is 1.71. The molecule has 0 aliphatic rings. The third-order valence-electron chi connectivity index (χ3n) is 4.33. The van der Waals surface area contributed by atoms with Gasteiger partial charge in [0, 0.05) is 22.5 Å². The lowest BCUT2D eigenvalue weighted by atomic mass is 9.96. The van der Waals surface area contributed by atoms with Crippen LogP contribution in [0.1, 0.15) is 5.56 Å². The highest BCUT2D eigenvalue weighted by molar-refractivity contribution is 7.17. The number of methoxy groups -OCH3 is 1. The molecule has 0 unspecified atom stereocenters. The molecule has 4 aromatic rings. The van der Waals surface area contributed by atoms with Crippen molar-refractivity contribution in [3.05, 3.63) is 59.6 Å². The maximum Gasteiger partial charge on any atom is 0.127 e. The highest BCUT2D eigenvalue weighted by Crippen LogP contribution is 2.40. The molecule has 120 valence electrons. The Balaban J connectivity index is 2.02. The minimum absolute atomic E-state index is 0.663. The van der Waals surface area contributed by atoms with Gasteiger partial charge in [-0.15, -0.1) is 11.3 Å². The molecule has 2 aromatic carbocycles. The van der Waals surface area contributed by atoms with Crippen molar-refractivity contribution in [3.8, 4) is 16.9 Å². The highest BCUT2D eigenvalue weighted by Gasteiger charge is 2.14. The summed E-state index contributed by atoms with van der Waals surface area (Å²) in [6.45, 7) is 0.663. The molecule has 3 nitrogen and oxygen atoms in total. The highest BCUT2D eigenvalue weighted by atomic mass is 32.1. The average molecular weight is 334 g/mol. The van der Waals surface area contributed by atoms with Gasteiger partial charge in [0.1, 0.15) is 5.75 Å². The predicted octanol–water partition coefficient (Wildman–Crippen LogP) is 4.63. The van der Waals surface area contributed by atoms with Crippen LogP contribution in [0.15, 0.2) is 54.0 Å². The molecule has 4 rings (SSSR count). The van der Waals surface area contributed by atoms with E-state index in [1.54, 1.807) is 18.4 Å². The summed E-state index contributed by atoms with van der Waals surface area (Å²) in [6.07, 6.45) is 2.84. The van der Waals surface area contributed by atoms with Gasteiger partial charge < -0.3 is 10.5 Å². The third kappa shape index (κ3) is 2.44. The molecule has 0 fully saturated rings. The fourth-order valence-corrected chi connectivity index (χ4v) is 3.93. The molecule has 0 atom stereocenters. The van der Waals surface area contributed by atoms with Crippen LogP contribution < -0.4 is 10.5 Å². The van der Waals surface area contributed by atoms with Crippen LogP contribution in [0.4, 0.5) is 0 Å². The molecule has 2 heterocycles. The third-order valence-corrected chi connectivity index (χ3v) is 5.18. The molecule has 4 heteroatoms. The van der Waals surface area contributed by atoms with Crippen molar-refractivity contribution >= 4 is 32.3 Å². The lowest BCUT2D eigenvalue weighted by Crippen LogP contribution is -2.02. The Bertz CT molecular complexity index is 1010. The second-order valence-corrected chi connectivity index (χ2v) is 6.68. The number of nitrogens with zero attached hydrogens (tertiary/aromatic N) is 1. The minimum atomic E-state index is 0.663. The Kier molecular flexibility index (Phi) is 3.92. The topological polar surface area (TPSA) is 48.1 Å². The van der Waals surface area contributed by atoms with E-state index in [0.29, 0.717) is 6.54 Å². The second-order valence-electron chi connectivity index (χ2n) is 5.73. The first kappa shape index (κ1) is 15.1. The summed E-state index contributed by atoms with van der Waals surface area (Å²) in [5.74, 6) is 0.870. The molecule has 0 spiro atoms. The fraction of sp³-hybridized carbons (Fsp3) is 0.150. The number of aromatic nitrogens is 1. The van der Waals surface area contributed by atoms with Gasteiger partial charge in [0.25, 0.3) is 0 Å². The van der Waals surface area contributed by atoms with Crippen LogP contribution in [0, 0.1) is 0 Å². The van der Waals surface area contributed by atoms with Crippen LogP contribution in [0.2, 0.25) is 0 Å². The maximum absolute atomic E-state index is 5.67. The lowest BCUT2D eigenvalue weighted by molar-refractivity contribution is 0.417. The second kappa shape index (κ2) is 6.23. The quantitative estimate of drug-likeness (QED) is 0.592. The first-order chi connectivity index (χ1) is 11.8. The van der Waals surface area contributed by atoms with Crippen LogP contribution in [0.3, 0.4) is 0 Å². The number of ether oxygens (including phenoxy) is 1.